The first-order valence-electron chi connectivity index (χ1n) is 9.74. The maximum absolute atomic E-state index is 12.7. The molecule has 172 valence electrons. The first-order chi connectivity index (χ1) is 14.4. The fourth-order valence-electron chi connectivity index (χ4n) is 2.58. The largest absolute Gasteiger partial charge is 0.508 e. The number of phenolic OH excluding ortho intramolecular Hbond substituents is 1. The smallest absolute Gasteiger partial charge is 0.322 e. The average Bonchev–Trinajstić information content (AvgIpc) is 2.69. The van der Waals surface area contributed by atoms with E-state index in [-0.39, 0.29) is 18.1 Å². The van der Waals surface area contributed by atoms with E-state index >= 15 is 0 Å². The highest BCUT2D eigenvalue weighted by molar-refractivity contribution is 5.94. The number of benzene rings is 1. The Bertz CT molecular complexity index is 780. The molecular formula is C20H30N4O7. The number of amides is 3. The number of aliphatic carboxylic acids is 1. The molecule has 1 rings (SSSR count). The molecule has 0 saturated heterocycles. The summed E-state index contributed by atoms with van der Waals surface area (Å²) in [5.41, 5.74) is 6.35. The molecule has 0 radical (unpaired) electrons. The van der Waals surface area contributed by atoms with Crippen molar-refractivity contribution < 1.29 is 34.5 Å². The van der Waals surface area contributed by atoms with Gasteiger partial charge < -0.3 is 37.0 Å². The number of carboxylic acid groups (broad SMARTS) is 1. The topological polar surface area (TPSA) is 191 Å². The molecular weight excluding hydrogens is 408 g/mol. The fraction of sp³-hybridized carbons (Fsp3) is 0.500. The SMILES string of the molecule is CC(C)C(N)C(=O)NC(C(=O)NC(Cc1ccc(O)cc1)C(=O)NCC(=O)O)C(C)O. The molecule has 1 aromatic carbocycles. The van der Waals surface area contributed by atoms with Gasteiger partial charge in [0.2, 0.25) is 17.7 Å². The number of aliphatic hydroxyl groups excluding tert-OH is 1. The van der Waals surface area contributed by atoms with Gasteiger partial charge >= 0.3 is 5.97 Å². The quantitative estimate of drug-likeness (QED) is 0.216. The van der Waals surface area contributed by atoms with Crippen LogP contribution in [0.15, 0.2) is 24.3 Å². The van der Waals surface area contributed by atoms with E-state index in [1.54, 1.807) is 13.8 Å². The molecule has 4 unspecified atom stereocenters. The molecule has 0 aliphatic carbocycles. The van der Waals surface area contributed by atoms with E-state index in [1.807, 2.05) is 0 Å². The van der Waals surface area contributed by atoms with Crippen LogP contribution in [0.5, 0.6) is 5.75 Å². The Labute approximate surface area is 180 Å². The van der Waals surface area contributed by atoms with Gasteiger partial charge in [0, 0.05) is 6.42 Å². The molecule has 3 amide bonds. The number of hydrogen-bond acceptors (Lipinski definition) is 7. The van der Waals surface area contributed by atoms with Crippen LogP contribution in [-0.4, -0.2) is 69.8 Å². The number of aliphatic hydroxyl groups is 1. The average molecular weight is 438 g/mol. The summed E-state index contributed by atoms with van der Waals surface area (Å²) in [4.78, 5) is 48.2. The number of carboxylic acids is 1. The molecule has 0 fully saturated rings. The zero-order chi connectivity index (χ0) is 23.7. The lowest BCUT2D eigenvalue weighted by atomic mass is 10.0. The van der Waals surface area contributed by atoms with Crippen LogP contribution in [0.1, 0.15) is 26.3 Å². The highest BCUT2D eigenvalue weighted by Crippen LogP contribution is 2.12. The Morgan fingerprint density at radius 2 is 1.55 bits per heavy atom. The van der Waals surface area contributed by atoms with Crippen LogP contribution in [-0.2, 0) is 25.6 Å². The third kappa shape index (κ3) is 8.60. The molecule has 31 heavy (non-hydrogen) atoms. The summed E-state index contributed by atoms with van der Waals surface area (Å²) in [5, 5.41) is 35.2. The van der Waals surface area contributed by atoms with Gasteiger partial charge in [0.05, 0.1) is 12.1 Å². The van der Waals surface area contributed by atoms with Crippen molar-refractivity contribution in [2.45, 2.75) is 51.4 Å². The van der Waals surface area contributed by atoms with E-state index in [0.29, 0.717) is 5.56 Å². The Morgan fingerprint density at radius 3 is 2.03 bits per heavy atom. The summed E-state index contributed by atoms with van der Waals surface area (Å²) < 4.78 is 0. The van der Waals surface area contributed by atoms with E-state index in [1.165, 1.54) is 31.2 Å². The van der Waals surface area contributed by atoms with Crippen LogP contribution in [0, 0.1) is 5.92 Å². The molecule has 8 N–H and O–H groups in total. The van der Waals surface area contributed by atoms with Gasteiger partial charge in [-0.3, -0.25) is 19.2 Å². The van der Waals surface area contributed by atoms with Crippen LogP contribution < -0.4 is 21.7 Å². The second kappa shape index (κ2) is 11.9. The Hall–Kier alpha value is -3.18. The second-order valence-corrected chi connectivity index (χ2v) is 7.54. The first-order valence-corrected chi connectivity index (χ1v) is 9.74. The maximum Gasteiger partial charge on any atom is 0.322 e. The highest BCUT2D eigenvalue weighted by atomic mass is 16.4. The summed E-state index contributed by atoms with van der Waals surface area (Å²) in [7, 11) is 0. The number of carbonyl (C=O) groups is 4. The summed E-state index contributed by atoms with van der Waals surface area (Å²) in [5.74, 6) is -3.70. The van der Waals surface area contributed by atoms with Gasteiger partial charge in [-0.15, -0.1) is 0 Å². The number of rotatable bonds is 11. The van der Waals surface area contributed by atoms with Crippen LogP contribution in [0.25, 0.3) is 0 Å². The van der Waals surface area contributed by atoms with Crippen molar-refractivity contribution in [3.63, 3.8) is 0 Å². The van der Waals surface area contributed by atoms with Gasteiger partial charge in [-0.1, -0.05) is 26.0 Å². The van der Waals surface area contributed by atoms with Gasteiger partial charge in [-0.25, -0.2) is 0 Å². The van der Waals surface area contributed by atoms with E-state index in [0.717, 1.165) is 0 Å². The van der Waals surface area contributed by atoms with Crippen LogP contribution in [0.4, 0.5) is 0 Å². The van der Waals surface area contributed by atoms with E-state index in [4.69, 9.17) is 10.8 Å². The van der Waals surface area contributed by atoms with Gasteiger partial charge in [0.25, 0.3) is 0 Å². The summed E-state index contributed by atoms with van der Waals surface area (Å²) in [6, 6.07) is 2.38. The van der Waals surface area contributed by atoms with Gasteiger partial charge in [-0.2, -0.15) is 0 Å². The van der Waals surface area contributed by atoms with Crippen molar-refractivity contribution in [3.05, 3.63) is 29.8 Å². The summed E-state index contributed by atoms with van der Waals surface area (Å²) in [6.45, 7) is 4.09. The standard InChI is InChI=1S/C20H30N4O7/c1-10(2)16(21)19(30)24-17(11(3)25)20(31)23-14(18(29)22-9-15(27)28)8-12-4-6-13(26)7-5-12/h4-7,10-11,14,16-17,25-26H,8-9,21H2,1-3H3,(H,22,29)(H,23,31)(H,24,30)(H,27,28). The molecule has 0 saturated carbocycles. The second-order valence-electron chi connectivity index (χ2n) is 7.54. The predicted octanol–water partition coefficient (Wildman–Crippen LogP) is -1.53. The van der Waals surface area contributed by atoms with Gasteiger partial charge in [-0.05, 0) is 30.5 Å². The molecule has 1 aromatic rings. The number of carbonyl (C=O) groups excluding carboxylic acids is 3. The first kappa shape index (κ1) is 25.9. The monoisotopic (exact) mass is 438 g/mol. The van der Waals surface area contributed by atoms with Gasteiger partial charge in [0.1, 0.15) is 24.4 Å². The highest BCUT2D eigenvalue weighted by Gasteiger charge is 2.31. The molecule has 0 spiro atoms. The molecule has 0 heterocycles. The minimum Gasteiger partial charge on any atom is -0.508 e. The Balaban J connectivity index is 3.00. The molecule has 0 aliphatic heterocycles. The molecule has 0 aromatic heterocycles. The Morgan fingerprint density at radius 1 is 0.968 bits per heavy atom. The lowest BCUT2D eigenvalue weighted by molar-refractivity contribution is -0.138. The van der Waals surface area contributed by atoms with Crippen LogP contribution in [0.3, 0.4) is 0 Å². The minimum atomic E-state index is -1.38. The number of nitrogens with one attached hydrogen (secondary N) is 3. The molecule has 0 bridgehead atoms. The van der Waals surface area contributed by atoms with Crippen LogP contribution >= 0.6 is 0 Å². The van der Waals surface area contributed by atoms with Crippen molar-refractivity contribution in [1.82, 2.24) is 16.0 Å². The third-order valence-corrected chi connectivity index (χ3v) is 4.51. The number of hydrogen-bond donors (Lipinski definition) is 7. The van der Waals surface area contributed by atoms with Crippen molar-refractivity contribution in [2.75, 3.05) is 6.54 Å². The van der Waals surface area contributed by atoms with E-state index in [2.05, 4.69) is 16.0 Å². The lowest BCUT2D eigenvalue weighted by Crippen LogP contribution is -2.60. The number of phenols is 1. The Kier molecular flexibility index (Phi) is 9.90. The zero-order valence-corrected chi connectivity index (χ0v) is 17.7. The number of nitrogens with two attached hydrogens (primary N) is 1. The predicted molar refractivity (Wildman–Crippen MR) is 111 cm³/mol. The van der Waals surface area contributed by atoms with Gasteiger partial charge in [0.15, 0.2) is 0 Å². The molecule has 4 atom stereocenters. The fourth-order valence-corrected chi connectivity index (χ4v) is 2.58. The summed E-state index contributed by atoms with van der Waals surface area (Å²) in [6.07, 6.45) is -1.32. The molecule has 11 nitrogen and oxygen atoms in total. The molecule has 11 heteroatoms. The van der Waals surface area contributed by atoms with Crippen molar-refractivity contribution in [2.24, 2.45) is 11.7 Å². The lowest BCUT2D eigenvalue weighted by Gasteiger charge is -2.26. The number of aromatic hydroxyl groups is 1. The zero-order valence-electron chi connectivity index (χ0n) is 17.7. The summed E-state index contributed by atoms with van der Waals surface area (Å²) >= 11 is 0. The third-order valence-electron chi connectivity index (χ3n) is 4.51. The normalized spacial score (nSPS) is 14.8. The minimum absolute atomic E-state index is 0.0121. The molecule has 0 aliphatic rings. The van der Waals surface area contributed by atoms with E-state index in [9.17, 15) is 29.4 Å². The van der Waals surface area contributed by atoms with Crippen molar-refractivity contribution in [3.8, 4) is 5.75 Å². The maximum atomic E-state index is 12.7. The van der Waals surface area contributed by atoms with Crippen LogP contribution in [0.2, 0.25) is 0 Å². The van der Waals surface area contributed by atoms with Crippen molar-refractivity contribution >= 4 is 23.7 Å². The van der Waals surface area contributed by atoms with E-state index < -0.39 is 54.5 Å². The van der Waals surface area contributed by atoms with Crippen molar-refractivity contribution in [1.29, 1.82) is 0 Å².